The highest BCUT2D eigenvalue weighted by Crippen LogP contribution is 2.45. The van der Waals surface area contributed by atoms with E-state index in [4.69, 9.17) is 18.9 Å². The molecular weight excluding hydrogens is 456 g/mol. The van der Waals surface area contributed by atoms with Crippen LogP contribution in [0.1, 0.15) is 10.4 Å². The van der Waals surface area contributed by atoms with E-state index in [-0.39, 0.29) is 29.6 Å². The van der Waals surface area contributed by atoms with Crippen molar-refractivity contribution < 1.29 is 32.2 Å². The van der Waals surface area contributed by atoms with Crippen molar-refractivity contribution >= 4 is 38.4 Å². The Hall–Kier alpha value is -2.92. The number of methoxy groups -OCH3 is 2. The molecule has 0 aromatic heterocycles. The number of carbonyl (C=O) groups is 1. The number of anilines is 1. The van der Waals surface area contributed by atoms with Gasteiger partial charge in [0.05, 0.1) is 37.5 Å². The lowest BCUT2D eigenvalue weighted by Gasteiger charge is -2.26. The Morgan fingerprint density at radius 2 is 1.91 bits per heavy atom. The van der Waals surface area contributed by atoms with Crippen molar-refractivity contribution in [3.05, 3.63) is 42.0 Å². The third-order valence-electron chi connectivity index (χ3n) is 5.53. The first-order valence-electron chi connectivity index (χ1n) is 9.79. The van der Waals surface area contributed by atoms with E-state index in [0.29, 0.717) is 39.4 Å². The quantitative estimate of drug-likeness (QED) is 0.658. The van der Waals surface area contributed by atoms with Gasteiger partial charge in [0.1, 0.15) is 11.5 Å². The molecule has 2 fully saturated rings. The number of nitrogens with zero attached hydrogens (tertiary/aromatic N) is 2. The highest BCUT2D eigenvalue weighted by Gasteiger charge is 2.50. The summed E-state index contributed by atoms with van der Waals surface area (Å²) in [4.78, 5) is 19.2. The second-order valence-electron chi connectivity index (χ2n) is 7.48. The molecule has 2 saturated heterocycles. The minimum atomic E-state index is -3.20. The number of fused-ring (bicyclic) bond motifs is 2. The lowest BCUT2D eigenvalue weighted by molar-refractivity contribution is 0.100. The van der Waals surface area contributed by atoms with Crippen molar-refractivity contribution in [2.24, 2.45) is 4.99 Å². The van der Waals surface area contributed by atoms with E-state index in [9.17, 15) is 13.2 Å². The second kappa shape index (κ2) is 7.89. The minimum absolute atomic E-state index is 0.0255. The largest absolute Gasteiger partial charge is 0.497 e. The fraction of sp³-hybridized carbons (Fsp3) is 0.333. The van der Waals surface area contributed by atoms with Gasteiger partial charge in [0.15, 0.2) is 26.5 Å². The molecule has 0 spiro atoms. The van der Waals surface area contributed by atoms with Crippen LogP contribution in [0.25, 0.3) is 0 Å². The number of carbonyl (C=O) groups excluding carboxylic acids is 1. The standard InChI is InChI=1S/C21H20N2O7S2/c1-27-13-4-6-16(28-2)14(8-13)23-15-9-32(25,26)10-19(15)31-21(23)22-20(24)12-3-5-17-18(7-12)30-11-29-17/h3-8,15,19H,9-11H2,1-2H3. The van der Waals surface area contributed by atoms with Crippen LogP contribution in [0.4, 0.5) is 5.69 Å². The van der Waals surface area contributed by atoms with Gasteiger partial charge in [-0.3, -0.25) is 4.79 Å². The van der Waals surface area contributed by atoms with E-state index in [0.717, 1.165) is 0 Å². The number of sulfone groups is 1. The maximum atomic E-state index is 13.0. The predicted molar refractivity (Wildman–Crippen MR) is 120 cm³/mol. The molecule has 5 rings (SSSR count). The third kappa shape index (κ3) is 3.65. The van der Waals surface area contributed by atoms with Crippen LogP contribution in [0.2, 0.25) is 0 Å². The summed E-state index contributed by atoms with van der Waals surface area (Å²) in [5.74, 6) is 1.72. The van der Waals surface area contributed by atoms with Crippen LogP contribution in [0.15, 0.2) is 41.4 Å². The summed E-state index contributed by atoms with van der Waals surface area (Å²) >= 11 is 1.29. The van der Waals surface area contributed by atoms with Gasteiger partial charge >= 0.3 is 0 Å². The van der Waals surface area contributed by atoms with Gasteiger partial charge in [0.25, 0.3) is 5.91 Å². The molecule has 3 aliphatic rings. The molecule has 2 aromatic rings. The summed E-state index contributed by atoms with van der Waals surface area (Å²) in [5, 5.41) is 0.184. The van der Waals surface area contributed by atoms with Gasteiger partial charge in [-0.05, 0) is 30.3 Å². The second-order valence-corrected chi connectivity index (χ2v) is 10.8. The van der Waals surface area contributed by atoms with E-state index >= 15 is 0 Å². The van der Waals surface area contributed by atoms with Crippen LogP contribution in [0.5, 0.6) is 23.0 Å². The zero-order valence-corrected chi connectivity index (χ0v) is 18.9. The topological polar surface area (TPSA) is 104 Å². The Bertz CT molecular complexity index is 1230. The number of hydrogen-bond acceptors (Lipinski definition) is 8. The number of benzene rings is 2. The molecular formula is C21H20N2O7S2. The number of thioether (sulfide) groups is 1. The molecule has 0 N–H and O–H groups in total. The Kier molecular flexibility index (Phi) is 5.17. The number of amides is 1. The summed E-state index contributed by atoms with van der Waals surface area (Å²) in [7, 11) is -0.117. The van der Waals surface area contributed by atoms with Crippen LogP contribution in [-0.4, -0.2) is 63.3 Å². The molecule has 11 heteroatoms. The van der Waals surface area contributed by atoms with Crippen LogP contribution >= 0.6 is 11.8 Å². The van der Waals surface area contributed by atoms with Crippen LogP contribution in [0.3, 0.4) is 0 Å². The van der Waals surface area contributed by atoms with E-state index in [1.54, 1.807) is 48.4 Å². The molecule has 0 saturated carbocycles. The molecule has 168 valence electrons. The van der Waals surface area contributed by atoms with Gasteiger partial charge in [0, 0.05) is 16.9 Å². The summed E-state index contributed by atoms with van der Waals surface area (Å²) in [6.07, 6.45) is 0. The van der Waals surface area contributed by atoms with Crippen molar-refractivity contribution in [2.45, 2.75) is 11.3 Å². The highest BCUT2D eigenvalue weighted by molar-refractivity contribution is 8.16. The molecule has 3 heterocycles. The summed E-state index contributed by atoms with van der Waals surface area (Å²) in [6.45, 7) is 0.110. The third-order valence-corrected chi connectivity index (χ3v) is 8.74. The zero-order valence-electron chi connectivity index (χ0n) is 17.3. The first-order valence-corrected chi connectivity index (χ1v) is 12.5. The van der Waals surface area contributed by atoms with Crippen molar-refractivity contribution in [1.82, 2.24) is 0 Å². The maximum absolute atomic E-state index is 13.0. The van der Waals surface area contributed by atoms with Crippen LogP contribution in [0, 0.1) is 0 Å². The molecule has 1 amide bonds. The fourth-order valence-corrected chi connectivity index (χ4v) is 7.92. The highest BCUT2D eigenvalue weighted by atomic mass is 32.2. The first-order chi connectivity index (χ1) is 15.4. The first kappa shape index (κ1) is 21.0. The van der Waals surface area contributed by atoms with Crippen LogP contribution < -0.4 is 23.8 Å². The Morgan fingerprint density at radius 1 is 1.09 bits per heavy atom. The van der Waals surface area contributed by atoms with E-state index < -0.39 is 15.7 Å². The van der Waals surface area contributed by atoms with Gasteiger partial charge in [0.2, 0.25) is 6.79 Å². The van der Waals surface area contributed by atoms with E-state index in [1.165, 1.54) is 18.9 Å². The lowest BCUT2D eigenvalue weighted by Crippen LogP contribution is -2.38. The normalized spacial score (nSPS) is 23.9. The molecule has 2 unspecified atom stereocenters. The molecule has 2 aromatic carbocycles. The average Bonchev–Trinajstić information content (AvgIpc) is 3.44. The number of aliphatic imine (C=N–C) groups is 1. The summed E-state index contributed by atoms with van der Waals surface area (Å²) in [6, 6.07) is 9.77. The van der Waals surface area contributed by atoms with E-state index in [1.807, 2.05) is 0 Å². The monoisotopic (exact) mass is 476 g/mol. The van der Waals surface area contributed by atoms with Crippen molar-refractivity contribution in [3.8, 4) is 23.0 Å². The van der Waals surface area contributed by atoms with Gasteiger partial charge in [-0.15, -0.1) is 0 Å². The molecule has 0 radical (unpaired) electrons. The lowest BCUT2D eigenvalue weighted by atomic mass is 10.1. The van der Waals surface area contributed by atoms with Gasteiger partial charge in [-0.1, -0.05) is 11.8 Å². The van der Waals surface area contributed by atoms with Gasteiger partial charge in [-0.2, -0.15) is 4.99 Å². The summed E-state index contributed by atoms with van der Waals surface area (Å²) < 4.78 is 46.2. The van der Waals surface area contributed by atoms with Crippen LogP contribution in [-0.2, 0) is 9.84 Å². The SMILES string of the molecule is COc1ccc(OC)c(N2C(=NC(=O)c3ccc4c(c3)OCO4)SC3CS(=O)(=O)CC32)c1. The predicted octanol–water partition coefficient (Wildman–Crippen LogP) is 2.35. The molecule has 9 nitrogen and oxygen atoms in total. The number of hydrogen-bond donors (Lipinski definition) is 0. The Morgan fingerprint density at radius 3 is 2.69 bits per heavy atom. The number of ether oxygens (including phenoxy) is 4. The Balaban J connectivity index is 1.56. The molecule has 2 atom stereocenters. The Labute approximate surface area is 189 Å². The van der Waals surface area contributed by atoms with Crippen molar-refractivity contribution in [1.29, 1.82) is 0 Å². The molecule has 32 heavy (non-hydrogen) atoms. The average molecular weight is 477 g/mol. The molecule has 3 aliphatic heterocycles. The maximum Gasteiger partial charge on any atom is 0.279 e. The number of amidine groups is 1. The molecule has 0 bridgehead atoms. The summed E-state index contributed by atoms with van der Waals surface area (Å²) in [5.41, 5.74) is 0.950. The van der Waals surface area contributed by atoms with E-state index in [2.05, 4.69) is 4.99 Å². The smallest absolute Gasteiger partial charge is 0.279 e. The number of rotatable bonds is 4. The molecule has 0 aliphatic carbocycles. The van der Waals surface area contributed by atoms with Crippen molar-refractivity contribution in [3.63, 3.8) is 0 Å². The fourth-order valence-electron chi connectivity index (χ4n) is 4.01. The van der Waals surface area contributed by atoms with Gasteiger partial charge in [-0.25, -0.2) is 8.42 Å². The van der Waals surface area contributed by atoms with Crippen molar-refractivity contribution in [2.75, 3.05) is 37.4 Å². The minimum Gasteiger partial charge on any atom is -0.497 e. The van der Waals surface area contributed by atoms with Gasteiger partial charge < -0.3 is 23.8 Å². The zero-order chi connectivity index (χ0) is 22.5.